The van der Waals surface area contributed by atoms with Crippen LogP contribution in [0.15, 0.2) is 0 Å². The van der Waals surface area contributed by atoms with E-state index in [1.54, 1.807) is 0 Å². The van der Waals surface area contributed by atoms with Crippen LogP contribution in [0.3, 0.4) is 0 Å². The third-order valence-electron chi connectivity index (χ3n) is 4.10. The molecule has 2 saturated carbocycles. The van der Waals surface area contributed by atoms with Crippen molar-refractivity contribution < 1.29 is 19.8 Å². The van der Waals surface area contributed by atoms with E-state index in [2.05, 4.69) is 5.32 Å². The van der Waals surface area contributed by atoms with E-state index in [1.165, 1.54) is 6.92 Å². The smallest absolute Gasteiger partial charge is 0.319 e. The lowest BCUT2D eigenvalue weighted by atomic mass is 9.77. The molecule has 1 unspecified atom stereocenters. The number of carboxylic acid groups (broad SMARTS) is 1. The molecule has 0 bridgehead atoms. The number of aliphatic hydroxyl groups is 1. The van der Waals surface area contributed by atoms with Gasteiger partial charge in [-0.2, -0.15) is 0 Å². The number of carbonyl (C=O) groups excluding carboxylic acids is 1. The van der Waals surface area contributed by atoms with Crippen LogP contribution in [0.5, 0.6) is 0 Å². The van der Waals surface area contributed by atoms with Crippen molar-refractivity contribution in [1.29, 1.82) is 0 Å². The van der Waals surface area contributed by atoms with E-state index >= 15 is 0 Å². The average Bonchev–Trinajstić information content (AvgIpc) is 2.99. The predicted molar refractivity (Wildman–Crippen MR) is 64.9 cm³/mol. The van der Waals surface area contributed by atoms with E-state index in [0.717, 1.165) is 25.7 Å². The zero-order valence-electron chi connectivity index (χ0n) is 10.7. The number of aliphatic carboxylic acids is 1. The van der Waals surface area contributed by atoms with Crippen LogP contribution in [-0.2, 0) is 9.59 Å². The fourth-order valence-electron chi connectivity index (χ4n) is 2.69. The van der Waals surface area contributed by atoms with Gasteiger partial charge in [0.1, 0.15) is 5.41 Å². The number of nitrogens with one attached hydrogen (secondary N) is 1. The third kappa shape index (κ3) is 2.66. The molecule has 1 amide bonds. The summed E-state index contributed by atoms with van der Waals surface area (Å²) in [4.78, 5) is 23.5. The average molecular weight is 255 g/mol. The molecule has 102 valence electrons. The number of hydrogen-bond donors (Lipinski definition) is 3. The number of hydrogen-bond acceptors (Lipinski definition) is 3. The van der Waals surface area contributed by atoms with Gasteiger partial charge in [0, 0.05) is 12.5 Å². The molecule has 0 aromatic carbocycles. The second kappa shape index (κ2) is 4.53. The Bertz CT molecular complexity index is 358. The lowest BCUT2D eigenvalue weighted by Crippen LogP contribution is -2.49. The summed E-state index contributed by atoms with van der Waals surface area (Å²) in [6, 6.07) is 0.134. The Morgan fingerprint density at radius 1 is 1.33 bits per heavy atom. The summed E-state index contributed by atoms with van der Waals surface area (Å²) in [6.45, 7) is 1.42. The summed E-state index contributed by atoms with van der Waals surface area (Å²) >= 11 is 0. The van der Waals surface area contributed by atoms with Crippen molar-refractivity contribution in [2.45, 2.75) is 63.5 Å². The molecule has 0 heterocycles. The standard InChI is InChI=1S/C13H21NO4/c1-12(11(16)17,10(15)14-9-4-5-9)8-13(18)6-2-3-7-13/h9,18H,2-8H2,1H3,(H,14,15)(H,16,17). The highest BCUT2D eigenvalue weighted by atomic mass is 16.4. The first-order valence-electron chi connectivity index (χ1n) is 6.62. The molecular weight excluding hydrogens is 234 g/mol. The van der Waals surface area contributed by atoms with Crippen LogP contribution in [-0.4, -0.2) is 33.7 Å². The van der Waals surface area contributed by atoms with E-state index in [-0.39, 0.29) is 12.5 Å². The van der Waals surface area contributed by atoms with E-state index < -0.39 is 22.9 Å². The maximum Gasteiger partial charge on any atom is 0.319 e. The van der Waals surface area contributed by atoms with Gasteiger partial charge in [0.15, 0.2) is 0 Å². The molecule has 0 radical (unpaired) electrons. The van der Waals surface area contributed by atoms with Crippen molar-refractivity contribution in [3.05, 3.63) is 0 Å². The highest BCUT2D eigenvalue weighted by Crippen LogP contribution is 2.40. The maximum absolute atomic E-state index is 12.1. The van der Waals surface area contributed by atoms with Gasteiger partial charge < -0.3 is 15.5 Å². The minimum Gasteiger partial charge on any atom is -0.480 e. The van der Waals surface area contributed by atoms with Crippen LogP contribution in [0, 0.1) is 5.41 Å². The molecule has 2 aliphatic carbocycles. The first-order chi connectivity index (χ1) is 8.36. The first kappa shape index (κ1) is 13.3. The molecule has 5 heteroatoms. The molecule has 3 N–H and O–H groups in total. The van der Waals surface area contributed by atoms with Crippen molar-refractivity contribution in [3.63, 3.8) is 0 Å². The Morgan fingerprint density at radius 2 is 1.89 bits per heavy atom. The predicted octanol–water partition coefficient (Wildman–Crippen LogP) is 1.05. The van der Waals surface area contributed by atoms with Crippen LogP contribution in [0.2, 0.25) is 0 Å². The zero-order valence-corrected chi connectivity index (χ0v) is 10.7. The second-order valence-corrected chi connectivity index (χ2v) is 5.99. The van der Waals surface area contributed by atoms with Gasteiger partial charge in [-0.25, -0.2) is 0 Å². The largest absolute Gasteiger partial charge is 0.480 e. The number of rotatable bonds is 5. The molecule has 18 heavy (non-hydrogen) atoms. The molecule has 2 aliphatic rings. The van der Waals surface area contributed by atoms with E-state index in [9.17, 15) is 19.8 Å². The molecule has 2 rings (SSSR count). The highest BCUT2D eigenvalue weighted by Gasteiger charge is 2.49. The summed E-state index contributed by atoms with van der Waals surface area (Å²) in [5.74, 6) is -1.61. The van der Waals surface area contributed by atoms with E-state index in [1.807, 2.05) is 0 Å². The van der Waals surface area contributed by atoms with Gasteiger partial charge in [-0.05, 0) is 32.6 Å². The molecule has 0 aliphatic heterocycles. The SMILES string of the molecule is CC(CC1(O)CCCC1)(C(=O)O)C(=O)NC1CC1. The van der Waals surface area contributed by atoms with Gasteiger partial charge in [-0.1, -0.05) is 12.8 Å². The Kier molecular flexibility index (Phi) is 3.36. The Hall–Kier alpha value is -1.10. The maximum atomic E-state index is 12.1. The Balaban J connectivity index is 2.09. The first-order valence-corrected chi connectivity index (χ1v) is 6.62. The quantitative estimate of drug-likeness (QED) is 0.641. The fourth-order valence-corrected chi connectivity index (χ4v) is 2.69. The van der Waals surface area contributed by atoms with Crippen molar-refractivity contribution in [2.75, 3.05) is 0 Å². The minimum atomic E-state index is -1.53. The van der Waals surface area contributed by atoms with Crippen molar-refractivity contribution in [2.24, 2.45) is 5.41 Å². The van der Waals surface area contributed by atoms with Gasteiger partial charge in [0.25, 0.3) is 0 Å². The summed E-state index contributed by atoms with van der Waals surface area (Å²) in [7, 11) is 0. The molecular formula is C13H21NO4. The van der Waals surface area contributed by atoms with Crippen LogP contribution >= 0.6 is 0 Å². The van der Waals surface area contributed by atoms with Crippen LogP contribution in [0.1, 0.15) is 51.9 Å². The lowest BCUT2D eigenvalue weighted by Gasteiger charge is -2.32. The summed E-state index contributed by atoms with van der Waals surface area (Å²) in [6.07, 6.45) is 4.83. The van der Waals surface area contributed by atoms with Gasteiger partial charge >= 0.3 is 5.97 Å². The molecule has 5 nitrogen and oxygen atoms in total. The molecule has 1 atom stereocenters. The summed E-state index contributed by atoms with van der Waals surface area (Å²) in [5.41, 5.74) is -2.52. The molecule has 0 aromatic rings. The highest BCUT2D eigenvalue weighted by molar-refractivity contribution is 6.01. The third-order valence-corrected chi connectivity index (χ3v) is 4.10. The van der Waals surface area contributed by atoms with E-state index in [0.29, 0.717) is 12.8 Å². The second-order valence-electron chi connectivity index (χ2n) is 5.99. The Morgan fingerprint density at radius 3 is 2.33 bits per heavy atom. The monoisotopic (exact) mass is 255 g/mol. The Labute approximate surface area is 107 Å². The normalized spacial score (nSPS) is 25.4. The van der Waals surface area contributed by atoms with Crippen LogP contribution < -0.4 is 5.32 Å². The lowest BCUT2D eigenvalue weighted by molar-refractivity contribution is -0.159. The molecule has 0 spiro atoms. The van der Waals surface area contributed by atoms with Gasteiger partial charge in [0.05, 0.1) is 5.60 Å². The van der Waals surface area contributed by atoms with Gasteiger partial charge in [-0.3, -0.25) is 9.59 Å². The van der Waals surface area contributed by atoms with Gasteiger partial charge in [-0.15, -0.1) is 0 Å². The number of amides is 1. The van der Waals surface area contributed by atoms with Crippen LogP contribution in [0.25, 0.3) is 0 Å². The topological polar surface area (TPSA) is 86.6 Å². The van der Waals surface area contributed by atoms with Crippen LogP contribution in [0.4, 0.5) is 0 Å². The summed E-state index contributed by atoms with van der Waals surface area (Å²) < 4.78 is 0. The molecule has 2 fully saturated rings. The molecule has 0 saturated heterocycles. The number of carboxylic acids is 1. The van der Waals surface area contributed by atoms with Gasteiger partial charge in [0.2, 0.25) is 5.91 Å². The van der Waals surface area contributed by atoms with Crippen molar-refractivity contribution in [3.8, 4) is 0 Å². The molecule has 0 aromatic heterocycles. The van der Waals surface area contributed by atoms with Crippen molar-refractivity contribution in [1.82, 2.24) is 5.32 Å². The van der Waals surface area contributed by atoms with E-state index in [4.69, 9.17) is 0 Å². The zero-order chi connectivity index (χ0) is 13.4. The summed E-state index contributed by atoms with van der Waals surface area (Å²) in [5, 5.41) is 22.4. The minimum absolute atomic E-state index is 0.00782. The fraction of sp³-hybridized carbons (Fsp3) is 0.846. The van der Waals surface area contributed by atoms with Crippen molar-refractivity contribution >= 4 is 11.9 Å². The number of carbonyl (C=O) groups is 2.